The fraction of sp³-hybridized carbons (Fsp3) is 0.217. The number of rotatable bonds is 8. The standard InChI is InChI=1S/C23H22N4O2S3/c1-15(12-13-16-8-4-2-5-9-16)24-18(28)14-31-22-25-20-19(21(29)26-22)32-23(30)27(20)17-10-6-3-7-11-17/h2-11,15H,12-14H2,1H3,(H,24,28)(H,25,26,29). The van der Waals surface area contributed by atoms with E-state index in [9.17, 15) is 9.59 Å². The van der Waals surface area contributed by atoms with Gasteiger partial charge in [-0.1, -0.05) is 71.6 Å². The molecule has 1 unspecified atom stereocenters. The second-order valence-corrected chi connectivity index (χ2v) is 9.95. The van der Waals surface area contributed by atoms with Crippen molar-refractivity contribution in [3.05, 3.63) is 80.5 Å². The van der Waals surface area contributed by atoms with E-state index in [2.05, 4.69) is 27.4 Å². The lowest BCUT2D eigenvalue weighted by Gasteiger charge is -2.13. The molecule has 0 aliphatic heterocycles. The maximum Gasteiger partial charge on any atom is 0.271 e. The Morgan fingerprint density at radius 2 is 1.88 bits per heavy atom. The average molecular weight is 483 g/mol. The molecule has 2 heterocycles. The van der Waals surface area contributed by atoms with Crippen molar-refractivity contribution in [1.29, 1.82) is 0 Å². The third-order valence-electron chi connectivity index (χ3n) is 4.89. The van der Waals surface area contributed by atoms with Crippen molar-refractivity contribution in [1.82, 2.24) is 19.9 Å². The van der Waals surface area contributed by atoms with Crippen LogP contribution in [0, 0.1) is 3.95 Å². The van der Waals surface area contributed by atoms with E-state index >= 15 is 0 Å². The summed E-state index contributed by atoms with van der Waals surface area (Å²) in [6.45, 7) is 2.00. The van der Waals surface area contributed by atoms with Crippen LogP contribution in [0.4, 0.5) is 0 Å². The van der Waals surface area contributed by atoms with Gasteiger partial charge in [0.15, 0.2) is 14.8 Å². The van der Waals surface area contributed by atoms with E-state index in [0.717, 1.165) is 18.5 Å². The zero-order valence-electron chi connectivity index (χ0n) is 17.4. The van der Waals surface area contributed by atoms with Gasteiger partial charge in [0.25, 0.3) is 5.56 Å². The van der Waals surface area contributed by atoms with E-state index in [4.69, 9.17) is 12.2 Å². The van der Waals surface area contributed by atoms with Crippen molar-refractivity contribution >= 4 is 51.6 Å². The first kappa shape index (κ1) is 22.4. The van der Waals surface area contributed by atoms with Crippen LogP contribution < -0.4 is 10.9 Å². The molecule has 0 saturated heterocycles. The van der Waals surface area contributed by atoms with Crippen LogP contribution in [0.5, 0.6) is 0 Å². The van der Waals surface area contributed by atoms with E-state index in [1.54, 1.807) is 4.57 Å². The second-order valence-electron chi connectivity index (χ2n) is 7.34. The van der Waals surface area contributed by atoms with Crippen molar-refractivity contribution in [3.63, 3.8) is 0 Å². The third-order valence-corrected chi connectivity index (χ3v) is 7.13. The van der Waals surface area contributed by atoms with Gasteiger partial charge in [0, 0.05) is 11.7 Å². The maximum atomic E-state index is 12.6. The number of para-hydroxylation sites is 1. The molecule has 0 saturated carbocycles. The predicted octanol–water partition coefficient (Wildman–Crippen LogP) is 4.73. The van der Waals surface area contributed by atoms with Crippen molar-refractivity contribution in [2.75, 3.05) is 5.75 Å². The van der Waals surface area contributed by atoms with Gasteiger partial charge >= 0.3 is 0 Å². The maximum absolute atomic E-state index is 12.6. The molecule has 0 bridgehead atoms. The molecule has 4 aromatic rings. The molecule has 2 N–H and O–H groups in total. The van der Waals surface area contributed by atoms with Gasteiger partial charge in [-0.25, -0.2) is 4.98 Å². The van der Waals surface area contributed by atoms with Crippen molar-refractivity contribution in [2.24, 2.45) is 0 Å². The topological polar surface area (TPSA) is 79.8 Å². The minimum Gasteiger partial charge on any atom is -0.353 e. The highest BCUT2D eigenvalue weighted by atomic mass is 32.2. The van der Waals surface area contributed by atoms with Crippen LogP contribution in [0.25, 0.3) is 16.0 Å². The number of hydrogen-bond acceptors (Lipinski definition) is 6. The molecule has 0 aliphatic rings. The zero-order chi connectivity index (χ0) is 22.5. The van der Waals surface area contributed by atoms with Crippen LogP contribution in [0.15, 0.2) is 70.6 Å². The summed E-state index contributed by atoms with van der Waals surface area (Å²) in [5, 5.41) is 3.41. The zero-order valence-corrected chi connectivity index (χ0v) is 19.9. The summed E-state index contributed by atoms with van der Waals surface area (Å²) in [4.78, 5) is 32.3. The Hall–Kier alpha value is -2.75. The Bertz CT molecular complexity index is 1330. The number of carbonyl (C=O) groups excluding carboxylic acids is 1. The quantitative estimate of drug-likeness (QED) is 0.216. The largest absolute Gasteiger partial charge is 0.353 e. The summed E-state index contributed by atoms with van der Waals surface area (Å²) in [7, 11) is 0. The summed E-state index contributed by atoms with van der Waals surface area (Å²) in [5.41, 5.74) is 2.36. The highest BCUT2D eigenvalue weighted by Crippen LogP contribution is 2.24. The van der Waals surface area contributed by atoms with Gasteiger partial charge < -0.3 is 10.3 Å². The highest BCUT2D eigenvalue weighted by Gasteiger charge is 2.15. The Balaban J connectivity index is 1.42. The summed E-state index contributed by atoms with van der Waals surface area (Å²) in [5.74, 6) is 0.0730. The molecule has 32 heavy (non-hydrogen) atoms. The summed E-state index contributed by atoms with van der Waals surface area (Å²) < 4.78 is 2.82. The number of H-pyrrole nitrogens is 1. The lowest BCUT2D eigenvalue weighted by molar-refractivity contribution is -0.119. The number of thioether (sulfide) groups is 1. The third kappa shape index (κ3) is 5.35. The van der Waals surface area contributed by atoms with E-state index in [0.29, 0.717) is 19.5 Å². The molecule has 9 heteroatoms. The van der Waals surface area contributed by atoms with Gasteiger partial charge in [-0.2, -0.15) is 0 Å². The molecular formula is C23H22N4O2S3. The van der Waals surface area contributed by atoms with E-state index in [-0.39, 0.29) is 23.3 Å². The molecule has 1 amide bonds. The van der Waals surface area contributed by atoms with Gasteiger partial charge in [-0.15, -0.1) is 0 Å². The smallest absolute Gasteiger partial charge is 0.271 e. The van der Waals surface area contributed by atoms with Crippen molar-refractivity contribution in [3.8, 4) is 5.69 Å². The van der Waals surface area contributed by atoms with E-state index in [1.807, 2.05) is 55.5 Å². The summed E-state index contributed by atoms with van der Waals surface area (Å²) in [6, 6.07) is 19.8. The normalized spacial score (nSPS) is 12.0. The fourth-order valence-electron chi connectivity index (χ4n) is 3.32. The molecule has 0 spiro atoms. The van der Waals surface area contributed by atoms with E-state index in [1.165, 1.54) is 28.7 Å². The van der Waals surface area contributed by atoms with Gasteiger partial charge in [0.2, 0.25) is 5.91 Å². The average Bonchev–Trinajstić information content (AvgIpc) is 3.14. The second kappa shape index (κ2) is 10.2. The molecule has 1 atom stereocenters. The van der Waals surface area contributed by atoms with Crippen LogP contribution in [0.3, 0.4) is 0 Å². The highest BCUT2D eigenvalue weighted by molar-refractivity contribution is 7.99. The lowest BCUT2D eigenvalue weighted by Crippen LogP contribution is -2.34. The van der Waals surface area contributed by atoms with Gasteiger partial charge in [-0.05, 0) is 49.7 Å². The Morgan fingerprint density at radius 1 is 1.19 bits per heavy atom. The van der Waals surface area contributed by atoms with Crippen molar-refractivity contribution < 1.29 is 4.79 Å². The van der Waals surface area contributed by atoms with Crippen LogP contribution in [0.2, 0.25) is 0 Å². The number of aryl methyl sites for hydroxylation is 1. The molecule has 0 radical (unpaired) electrons. The van der Waals surface area contributed by atoms with Crippen LogP contribution in [-0.4, -0.2) is 32.2 Å². The number of fused-ring (bicyclic) bond motifs is 1. The monoisotopic (exact) mass is 482 g/mol. The van der Waals surface area contributed by atoms with Gasteiger partial charge in [-0.3, -0.25) is 14.2 Å². The molecule has 2 aromatic heterocycles. The first-order valence-electron chi connectivity index (χ1n) is 10.2. The van der Waals surface area contributed by atoms with Crippen LogP contribution in [-0.2, 0) is 11.2 Å². The molecular weight excluding hydrogens is 460 g/mol. The Kier molecular flexibility index (Phi) is 7.19. The SMILES string of the molecule is CC(CCc1ccccc1)NC(=O)CSc1nc2c(sc(=S)n2-c2ccccc2)c(=O)[nH]1. The number of aromatic amines is 1. The van der Waals surface area contributed by atoms with Crippen molar-refractivity contribution in [2.45, 2.75) is 31.0 Å². The number of hydrogen-bond donors (Lipinski definition) is 2. The Labute approximate surface area is 198 Å². The minimum atomic E-state index is -0.250. The van der Waals surface area contributed by atoms with Gasteiger partial charge in [0.1, 0.15) is 4.70 Å². The van der Waals surface area contributed by atoms with Crippen LogP contribution >= 0.6 is 35.3 Å². The predicted molar refractivity (Wildman–Crippen MR) is 133 cm³/mol. The number of nitrogens with one attached hydrogen (secondary N) is 2. The lowest BCUT2D eigenvalue weighted by atomic mass is 10.1. The molecule has 0 aliphatic carbocycles. The first-order chi connectivity index (χ1) is 15.5. The molecule has 2 aromatic carbocycles. The number of thiazole rings is 1. The van der Waals surface area contributed by atoms with E-state index < -0.39 is 0 Å². The molecule has 4 rings (SSSR count). The number of aromatic nitrogens is 3. The molecule has 164 valence electrons. The molecule has 6 nitrogen and oxygen atoms in total. The molecule has 0 fully saturated rings. The van der Waals surface area contributed by atoms with Gasteiger partial charge in [0.05, 0.1) is 5.75 Å². The first-order valence-corrected chi connectivity index (χ1v) is 12.4. The number of nitrogens with zero attached hydrogens (tertiary/aromatic N) is 2. The summed E-state index contributed by atoms with van der Waals surface area (Å²) in [6.07, 6.45) is 1.76. The minimum absolute atomic E-state index is 0.0534. The Morgan fingerprint density at radius 3 is 2.59 bits per heavy atom. The fourth-order valence-corrected chi connectivity index (χ4v) is 5.26. The number of amides is 1. The number of benzene rings is 2. The van der Waals surface area contributed by atoms with Crippen LogP contribution in [0.1, 0.15) is 18.9 Å². The summed E-state index contributed by atoms with van der Waals surface area (Å²) >= 11 is 7.90. The number of carbonyl (C=O) groups is 1.